The van der Waals surface area contributed by atoms with Gasteiger partial charge in [-0.15, -0.1) is 0 Å². The maximum absolute atomic E-state index is 5.19. The number of hydrogen-bond acceptors (Lipinski definition) is 4. The molecule has 0 aliphatic heterocycles. The minimum absolute atomic E-state index is 0.927. The van der Waals surface area contributed by atoms with Crippen molar-refractivity contribution in [2.45, 2.75) is 13.8 Å². The molecule has 0 atom stereocenters. The molecule has 0 aliphatic rings. The second-order valence-electron chi connectivity index (χ2n) is 13.6. The second kappa shape index (κ2) is 14.2. The average molecular weight is 695 g/mol. The Hall–Kier alpha value is -7.04. The van der Waals surface area contributed by atoms with Gasteiger partial charge >= 0.3 is 0 Å². The van der Waals surface area contributed by atoms with Crippen LogP contribution in [0.2, 0.25) is 0 Å². The van der Waals surface area contributed by atoms with E-state index in [-0.39, 0.29) is 0 Å². The molecule has 0 saturated carbocycles. The molecular weight excluding hydrogens is 657 g/mol. The number of pyridine rings is 2. The van der Waals surface area contributed by atoms with Gasteiger partial charge in [0, 0.05) is 67.4 Å². The predicted molar refractivity (Wildman–Crippen MR) is 227 cm³/mol. The average Bonchev–Trinajstić information content (AvgIpc) is 3.23. The summed E-state index contributed by atoms with van der Waals surface area (Å²) in [7, 11) is 0. The normalized spacial score (nSPS) is 11.1. The number of aryl methyl sites for hydroxylation is 2. The molecule has 0 spiro atoms. The van der Waals surface area contributed by atoms with Gasteiger partial charge in [0.25, 0.3) is 0 Å². The van der Waals surface area contributed by atoms with Crippen LogP contribution in [0.5, 0.6) is 0 Å². The van der Waals surface area contributed by atoms with Crippen molar-refractivity contribution in [3.63, 3.8) is 0 Å². The molecule has 258 valence electrons. The van der Waals surface area contributed by atoms with E-state index >= 15 is 0 Å². The fraction of sp³-hybridized carbons (Fsp3) is 0.0400. The van der Waals surface area contributed by atoms with E-state index in [0.29, 0.717) is 0 Å². The van der Waals surface area contributed by atoms with E-state index in [9.17, 15) is 0 Å². The molecule has 0 N–H and O–H groups in total. The van der Waals surface area contributed by atoms with E-state index in [0.717, 1.165) is 89.6 Å². The zero-order valence-corrected chi connectivity index (χ0v) is 30.3. The Balaban J connectivity index is 1.03. The monoisotopic (exact) mass is 694 g/mol. The number of para-hydroxylation sites is 4. The van der Waals surface area contributed by atoms with Crippen LogP contribution < -0.4 is 9.80 Å². The summed E-state index contributed by atoms with van der Waals surface area (Å²) < 4.78 is 0. The van der Waals surface area contributed by atoms with Gasteiger partial charge in [-0.25, -0.2) is 0 Å². The van der Waals surface area contributed by atoms with E-state index in [1.54, 1.807) is 0 Å². The van der Waals surface area contributed by atoms with Gasteiger partial charge in [0.05, 0.1) is 11.0 Å². The van der Waals surface area contributed by atoms with Gasteiger partial charge in [0.1, 0.15) is 0 Å². The molecule has 0 fully saturated rings. The molecule has 0 saturated heterocycles. The second-order valence-corrected chi connectivity index (χ2v) is 13.6. The zero-order valence-electron chi connectivity index (χ0n) is 30.3. The first kappa shape index (κ1) is 32.8. The molecule has 2 heterocycles. The van der Waals surface area contributed by atoms with Crippen LogP contribution in [-0.4, -0.2) is 9.97 Å². The van der Waals surface area contributed by atoms with Crippen LogP contribution in [0.3, 0.4) is 0 Å². The van der Waals surface area contributed by atoms with E-state index in [2.05, 4.69) is 218 Å². The van der Waals surface area contributed by atoms with Crippen LogP contribution >= 0.6 is 0 Å². The maximum atomic E-state index is 5.19. The molecule has 4 nitrogen and oxygen atoms in total. The number of benzene rings is 7. The molecule has 0 amide bonds. The van der Waals surface area contributed by atoms with Crippen molar-refractivity contribution < 1.29 is 0 Å². The zero-order chi connectivity index (χ0) is 36.4. The van der Waals surface area contributed by atoms with Crippen LogP contribution in [0.4, 0.5) is 34.1 Å². The van der Waals surface area contributed by atoms with Crippen molar-refractivity contribution >= 4 is 55.9 Å². The third kappa shape index (κ3) is 6.24. The highest BCUT2D eigenvalue weighted by molar-refractivity contribution is 6.05. The molecule has 2 aromatic heterocycles. The first-order chi connectivity index (χ1) is 26.6. The summed E-state index contributed by atoms with van der Waals surface area (Å²) in [6, 6.07) is 68.4. The first-order valence-corrected chi connectivity index (χ1v) is 18.3. The molecule has 9 aromatic rings. The number of rotatable bonds is 8. The molecule has 0 bridgehead atoms. The molecule has 54 heavy (non-hydrogen) atoms. The molecule has 9 rings (SSSR count). The maximum Gasteiger partial charge on any atom is 0.0968 e. The summed E-state index contributed by atoms with van der Waals surface area (Å²) in [5.74, 6) is 0. The van der Waals surface area contributed by atoms with Crippen molar-refractivity contribution in [2.24, 2.45) is 0 Å². The standard InChI is InChI=1S/C50H38N4/c1-35-47(37-25-29-45(30-26-37)53(41-15-7-3-8-16-41)42-17-9-4-10-18-42)33-39-23-24-40-34-48(36(2)52-50(40)49(39)51-35)38-27-31-46(32-28-38)54(43-19-11-5-12-20-43)44-21-13-6-14-22-44/h3-34H,1-2H3. The van der Waals surface area contributed by atoms with Crippen LogP contribution in [0, 0.1) is 13.8 Å². The molecular formula is C50H38N4. The van der Waals surface area contributed by atoms with Crippen molar-refractivity contribution in [1.82, 2.24) is 9.97 Å². The number of fused-ring (bicyclic) bond motifs is 3. The third-order valence-electron chi connectivity index (χ3n) is 10.1. The Kier molecular flexibility index (Phi) is 8.62. The van der Waals surface area contributed by atoms with Gasteiger partial charge in [-0.1, -0.05) is 109 Å². The van der Waals surface area contributed by atoms with Crippen molar-refractivity contribution in [3.05, 3.63) is 206 Å². The Morgan fingerprint density at radius 2 is 0.593 bits per heavy atom. The highest BCUT2D eigenvalue weighted by atomic mass is 15.1. The third-order valence-corrected chi connectivity index (χ3v) is 10.1. The summed E-state index contributed by atoms with van der Waals surface area (Å²) in [6.07, 6.45) is 0. The Morgan fingerprint density at radius 1 is 0.315 bits per heavy atom. The molecule has 0 unspecified atom stereocenters. The lowest BCUT2D eigenvalue weighted by molar-refractivity contribution is 1.23. The number of nitrogens with zero attached hydrogens (tertiary/aromatic N) is 4. The summed E-state index contributed by atoms with van der Waals surface area (Å²) >= 11 is 0. The summed E-state index contributed by atoms with van der Waals surface area (Å²) in [6.45, 7) is 4.19. The number of aromatic nitrogens is 2. The lowest BCUT2D eigenvalue weighted by Crippen LogP contribution is -2.09. The van der Waals surface area contributed by atoms with Gasteiger partial charge in [0.2, 0.25) is 0 Å². The first-order valence-electron chi connectivity index (χ1n) is 18.3. The van der Waals surface area contributed by atoms with Gasteiger partial charge in [-0.2, -0.15) is 0 Å². The van der Waals surface area contributed by atoms with E-state index in [1.807, 2.05) is 0 Å². The van der Waals surface area contributed by atoms with E-state index in [1.165, 1.54) is 0 Å². The molecule has 0 aliphatic carbocycles. The van der Waals surface area contributed by atoms with Gasteiger partial charge in [-0.3, -0.25) is 9.97 Å². The Bertz CT molecular complexity index is 2430. The van der Waals surface area contributed by atoms with Crippen LogP contribution in [0.15, 0.2) is 194 Å². The fourth-order valence-electron chi connectivity index (χ4n) is 7.42. The summed E-state index contributed by atoms with van der Waals surface area (Å²) in [4.78, 5) is 14.9. The van der Waals surface area contributed by atoms with Gasteiger partial charge in [0.15, 0.2) is 0 Å². The minimum atomic E-state index is 0.927. The Labute approximate surface area is 316 Å². The quantitative estimate of drug-likeness (QED) is 0.148. The highest BCUT2D eigenvalue weighted by Gasteiger charge is 2.16. The largest absolute Gasteiger partial charge is 0.311 e. The van der Waals surface area contributed by atoms with Crippen LogP contribution in [-0.2, 0) is 0 Å². The minimum Gasteiger partial charge on any atom is -0.311 e. The highest BCUT2D eigenvalue weighted by Crippen LogP contribution is 2.39. The molecule has 4 heteroatoms. The number of hydrogen-bond donors (Lipinski definition) is 0. The van der Waals surface area contributed by atoms with Crippen molar-refractivity contribution in [1.29, 1.82) is 0 Å². The topological polar surface area (TPSA) is 32.3 Å². The lowest BCUT2D eigenvalue weighted by Gasteiger charge is -2.25. The van der Waals surface area contributed by atoms with Crippen molar-refractivity contribution in [3.8, 4) is 22.3 Å². The van der Waals surface area contributed by atoms with Crippen molar-refractivity contribution in [2.75, 3.05) is 9.80 Å². The van der Waals surface area contributed by atoms with E-state index < -0.39 is 0 Å². The molecule has 0 radical (unpaired) electrons. The lowest BCUT2D eigenvalue weighted by atomic mass is 9.98. The summed E-state index contributed by atoms with van der Waals surface area (Å²) in [5, 5.41) is 2.15. The van der Waals surface area contributed by atoms with Gasteiger partial charge in [-0.05, 0) is 110 Å². The Morgan fingerprint density at radius 3 is 0.889 bits per heavy atom. The molecule has 7 aromatic carbocycles. The number of anilines is 6. The predicted octanol–water partition coefficient (Wildman–Crippen LogP) is 13.7. The summed E-state index contributed by atoms with van der Waals surface area (Å²) in [5.41, 5.74) is 15.0. The smallest absolute Gasteiger partial charge is 0.0968 e. The van der Waals surface area contributed by atoms with Gasteiger partial charge < -0.3 is 9.80 Å². The van der Waals surface area contributed by atoms with E-state index in [4.69, 9.17) is 9.97 Å². The SMILES string of the molecule is Cc1nc2c(ccc3cc(-c4ccc(N(c5ccccc5)c5ccccc5)cc4)c(C)nc32)cc1-c1ccc(N(c2ccccc2)c2ccccc2)cc1. The van der Waals surface area contributed by atoms with Crippen LogP contribution in [0.25, 0.3) is 44.1 Å². The fourth-order valence-corrected chi connectivity index (χ4v) is 7.42. The van der Waals surface area contributed by atoms with Crippen LogP contribution in [0.1, 0.15) is 11.4 Å².